The van der Waals surface area contributed by atoms with Crippen LogP contribution in [0.25, 0.3) is 0 Å². The van der Waals surface area contributed by atoms with E-state index in [9.17, 15) is 9.59 Å². The van der Waals surface area contributed by atoms with Crippen molar-refractivity contribution in [1.82, 2.24) is 4.90 Å². The molecule has 4 nitrogen and oxygen atoms in total. The van der Waals surface area contributed by atoms with Crippen LogP contribution in [-0.2, 0) is 9.53 Å². The highest BCUT2D eigenvalue weighted by atomic mass is 32.1. The number of carbonyl (C=O) groups is 2. The van der Waals surface area contributed by atoms with Gasteiger partial charge in [0.15, 0.2) is 0 Å². The highest BCUT2D eigenvalue weighted by Gasteiger charge is 2.35. The number of carbonyl (C=O) groups excluding carboxylic acids is 2. The highest BCUT2D eigenvalue weighted by molar-refractivity contribution is 7.12. The topological polar surface area (TPSA) is 46.6 Å². The lowest BCUT2D eigenvalue weighted by molar-refractivity contribution is -0.148. The second kappa shape index (κ2) is 15.4. The molecule has 2 rings (SSSR count). The molecule has 30 heavy (non-hydrogen) atoms. The van der Waals surface area contributed by atoms with E-state index in [0.717, 1.165) is 19.3 Å². The standard InChI is InChI=1S/C25H41NO3S/c1-2-3-4-5-6-7-8-9-10-11-12-13-14-20-29-25(28)22-17-15-19-26(22)24(27)23-18-16-21-30-23/h16,18,21-22H,2-15,17,19-20H2,1H3. The third kappa shape index (κ3) is 9.20. The molecule has 1 amide bonds. The van der Waals surface area contributed by atoms with Crippen molar-refractivity contribution < 1.29 is 14.3 Å². The van der Waals surface area contributed by atoms with Crippen LogP contribution in [0.3, 0.4) is 0 Å². The van der Waals surface area contributed by atoms with Gasteiger partial charge >= 0.3 is 5.97 Å². The first kappa shape index (κ1) is 24.9. The predicted molar refractivity (Wildman–Crippen MR) is 125 cm³/mol. The van der Waals surface area contributed by atoms with Crippen LogP contribution in [0.2, 0.25) is 0 Å². The van der Waals surface area contributed by atoms with Crippen LogP contribution in [-0.4, -0.2) is 36.0 Å². The molecule has 0 spiro atoms. The number of thiophene rings is 1. The maximum Gasteiger partial charge on any atom is 0.328 e. The first-order valence-corrected chi connectivity index (χ1v) is 13.1. The average Bonchev–Trinajstić information content (AvgIpc) is 3.45. The van der Waals surface area contributed by atoms with Crippen LogP contribution in [0.4, 0.5) is 0 Å². The number of esters is 1. The fourth-order valence-corrected chi connectivity index (χ4v) is 4.86. The summed E-state index contributed by atoms with van der Waals surface area (Å²) in [5.74, 6) is -0.262. The van der Waals surface area contributed by atoms with Crippen LogP contribution < -0.4 is 0 Å². The normalized spacial score (nSPS) is 16.2. The van der Waals surface area contributed by atoms with Crippen molar-refractivity contribution in [3.63, 3.8) is 0 Å². The number of hydrogen-bond acceptors (Lipinski definition) is 4. The third-order valence-corrected chi connectivity index (χ3v) is 6.87. The molecule has 1 aromatic heterocycles. The Morgan fingerprint density at radius 1 is 0.967 bits per heavy atom. The lowest BCUT2D eigenvalue weighted by Crippen LogP contribution is -2.41. The number of hydrogen-bond donors (Lipinski definition) is 0. The molecule has 170 valence electrons. The van der Waals surface area contributed by atoms with Gasteiger partial charge in [0.25, 0.3) is 5.91 Å². The van der Waals surface area contributed by atoms with Gasteiger partial charge in [0.1, 0.15) is 6.04 Å². The molecule has 1 aliphatic heterocycles. The van der Waals surface area contributed by atoms with Crippen molar-refractivity contribution in [3.05, 3.63) is 22.4 Å². The van der Waals surface area contributed by atoms with Gasteiger partial charge in [0.2, 0.25) is 0 Å². The first-order chi connectivity index (χ1) is 14.7. The van der Waals surface area contributed by atoms with Crippen LogP contribution in [0.5, 0.6) is 0 Å². The second-order valence-corrected chi connectivity index (χ2v) is 9.49. The maximum absolute atomic E-state index is 12.6. The quantitative estimate of drug-likeness (QED) is 0.208. The Morgan fingerprint density at radius 3 is 2.13 bits per heavy atom. The van der Waals surface area contributed by atoms with Gasteiger partial charge in [-0.05, 0) is 30.7 Å². The number of ether oxygens (including phenoxy) is 1. The van der Waals surface area contributed by atoms with Gasteiger partial charge in [0.05, 0.1) is 11.5 Å². The minimum Gasteiger partial charge on any atom is -0.464 e. The lowest BCUT2D eigenvalue weighted by Gasteiger charge is -2.22. The Morgan fingerprint density at radius 2 is 1.57 bits per heavy atom. The summed E-state index contributed by atoms with van der Waals surface area (Å²) in [5, 5.41) is 1.89. The minimum absolute atomic E-state index is 0.0367. The molecule has 0 saturated carbocycles. The Kier molecular flexibility index (Phi) is 12.8. The zero-order valence-electron chi connectivity index (χ0n) is 18.9. The number of unbranched alkanes of at least 4 members (excludes halogenated alkanes) is 12. The number of nitrogens with zero attached hydrogens (tertiary/aromatic N) is 1. The second-order valence-electron chi connectivity index (χ2n) is 8.54. The zero-order valence-corrected chi connectivity index (χ0v) is 19.7. The average molecular weight is 436 g/mol. The molecule has 1 aromatic rings. The largest absolute Gasteiger partial charge is 0.464 e. The summed E-state index contributed by atoms with van der Waals surface area (Å²) in [6, 6.07) is 3.29. The molecule has 2 heterocycles. The summed E-state index contributed by atoms with van der Waals surface area (Å²) < 4.78 is 5.49. The molecule has 0 aromatic carbocycles. The Labute approximate surface area is 187 Å². The first-order valence-electron chi connectivity index (χ1n) is 12.2. The fourth-order valence-electron chi connectivity index (χ4n) is 4.19. The van der Waals surface area contributed by atoms with Crippen LogP contribution in [0.1, 0.15) is 113 Å². The molecule has 0 bridgehead atoms. The highest BCUT2D eigenvalue weighted by Crippen LogP contribution is 2.23. The van der Waals surface area contributed by atoms with Gasteiger partial charge < -0.3 is 9.64 Å². The smallest absolute Gasteiger partial charge is 0.328 e. The monoisotopic (exact) mass is 435 g/mol. The molecule has 1 saturated heterocycles. The summed E-state index contributed by atoms with van der Waals surface area (Å²) >= 11 is 1.43. The van der Waals surface area contributed by atoms with Gasteiger partial charge in [-0.25, -0.2) is 4.79 Å². The van der Waals surface area contributed by atoms with E-state index in [4.69, 9.17) is 4.74 Å². The maximum atomic E-state index is 12.6. The third-order valence-electron chi connectivity index (χ3n) is 6.01. The minimum atomic E-state index is -0.401. The Bertz CT molecular complexity index is 587. The van der Waals surface area contributed by atoms with E-state index >= 15 is 0 Å². The van der Waals surface area contributed by atoms with E-state index in [1.54, 1.807) is 4.90 Å². The summed E-state index contributed by atoms with van der Waals surface area (Å²) in [6.07, 6.45) is 18.5. The molecule has 1 unspecified atom stereocenters. The number of amides is 1. The number of rotatable bonds is 16. The van der Waals surface area contributed by atoms with Gasteiger partial charge in [0, 0.05) is 6.54 Å². The molecule has 0 radical (unpaired) electrons. The van der Waals surface area contributed by atoms with Crippen molar-refractivity contribution >= 4 is 23.2 Å². The summed E-state index contributed by atoms with van der Waals surface area (Å²) in [7, 11) is 0. The van der Waals surface area contributed by atoms with Crippen molar-refractivity contribution in [2.24, 2.45) is 0 Å². The van der Waals surface area contributed by atoms with Crippen molar-refractivity contribution in [2.75, 3.05) is 13.2 Å². The Balaban J connectivity index is 1.45. The molecule has 0 aliphatic carbocycles. The van der Waals surface area contributed by atoms with Gasteiger partial charge in [-0.1, -0.05) is 90.0 Å². The van der Waals surface area contributed by atoms with Gasteiger partial charge in [-0.2, -0.15) is 0 Å². The van der Waals surface area contributed by atoms with Crippen LogP contribution in [0.15, 0.2) is 17.5 Å². The van der Waals surface area contributed by atoms with Crippen molar-refractivity contribution in [1.29, 1.82) is 0 Å². The zero-order chi connectivity index (χ0) is 21.4. The SMILES string of the molecule is CCCCCCCCCCCCCCCOC(=O)C1CCCN1C(=O)c1cccs1. The fraction of sp³-hybridized carbons (Fsp3) is 0.760. The molecular weight excluding hydrogens is 394 g/mol. The molecular formula is C25H41NO3S. The van der Waals surface area contributed by atoms with Crippen molar-refractivity contribution in [3.8, 4) is 0 Å². The predicted octanol–water partition coefficient (Wildman–Crippen LogP) is 6.99. The molecule has 1 fully saturated rings. The summed E-state index contributed by atoms with van der Waals surface area (Å²) in [5.41, 5.74) is 0. The van der Waals surface area contributed by atoms with Gasteiger partial charge in [-0.3, -0.25) is 4.79 Å². The summed E-state index contributed by atoms with van der Waals surface area (Å²) in [4.78, 5) is 27.4. The van der Waals surface area contributed by atoms with E-state index in [-0.39, 0.29) is 11.9 Å². The van der Waals surface area contributed by atoms with E-state index < -0.39 is 6.04 Å². The van der Waals surface area contributed by atoms with E-state index in [1.165, 1.54) is 82.0 Å². The van der Waals surface area contributed by atoms with E-state index in [2.05, 4.69) is 6.92 Å². The molecule has 5 heteroatoms. The Hall–Kier alpha value is -1.36. The van der Waals surface area contributed by atoms with Gasteiger partial charge in [-0.15, -0.1) is 11.3 Å². The molecule has 0 N–H and O–H groups in total. The van der Waals surface area contributed by atoms with Crippen LogP contribution >= 0.6 is 11.3 Å². The van der Waals surface area contributed by atoms with E-state index in [0.29, 0.717) is 24.4 Å². The van der Waals surface area contributed by atoms with E-state index in [1.807, 2.05) is 17.5 Å². The molecule has 1 atom stereocenters. The van der Waals surface area contributed by atoms with Crippen LogP contribution in [0, 0.1) is 0 Å². The van der Waals surface area contributed by atoms with Crippen molar-refractivity contribution in [2.45, 2.75) is 109 Å². The summed E-state index contributed by atoms with van der Waals surface area (Å²) in [6.45, 7) is 3.39. The lowest BCUT2D eigenvalue weighted by atomic mass is 10.0. The molecule has 1 aliphatic rings. The number of likely N-dealkylation sites (tertiary alicyclic amines) is 1.